The molecular weight excluding hydrogens is 356 g/mol. The third-order valence-corrected chi connectivity index (χ3v) is 4.02. The minimum atomic E-state index is 0. The van der Waals surface area contributed by atoms with E-state index in [0.717, 1.165) is 24.6 Å². The Kier molecular flexibility index (Phi) is 8.17. The van der Waals surface area contributed by atoms with Crippen LogP contribution in [0.3, 0.4) is 0 Å². The van der Waals surface area contributed by atoms with Crippen molar-refractivity contribution >= 4 is 0 Å². The van der Waals surface area contributed by atoms with E-state index in [1.807, 2.05) is 6.07 Å². The Morgan fingerprint density at radius 2 is 1.70 bits per heavy atom. The van der Waals surface area contributed by atoms with Gasteiger partial charge in [-0.2, -0.15) is 0 Å². The van der Waals surface area contributed by atoms with Gasteiger partial charge in [-0.1, -0.05) is 13.3 Å². The highest BCUT2D eigenvalue weighted by molar-refractivity contribution is 5.38. The summed E-state index contributed by atoms with van der Waals surface area (Å²) in [5.41, 5.74) is 1.18. The van der Waals surface area contributed by atoms with E-state index in [2.05, 4.69) is 47.5 Å². The van der Waals surface area contributed by atoms with E-state index in [9.17, 15) is 0 Å². The first kappa shape index (κ1) is 19.6. The third-order valence-electron chi connectivity index (χ3n) is 4.02. The van der Waals surface area contributed by atoms with Crippen LogP contribution in [0.1, 0.15) is 37.6 Å². The molecule has 0 radical (unpaired) electrons. The molecule has 0 saturated heterocycles. The minimum absolute atomic E-state index is 0. The standard InChI is InChI=1S/C18H27N2O2.BrH/c1-5-6-7-8-19-9-10-20(15(19)2)14-16-11-17(21-3)13-18(12-16)22-4;/h9-13H,5-8,14H2,1-4H3;1H/q+1;/p-1. The van der Waals surface area contributed by atoms with E-state index in [-0.39, 0.29) is 17.0 Å². The van der Waals surface area contributed by atoms with E-state index >= 15 is 0 Å². The van der Waals surface area contributed by atoms with Crippen molar-refractivity contribution in [1.82, 2.24) is 4.57 Å². The number of aryl methyl sites for hydroxylation is 1. The molecule has 0 unspecified atom stereocenters. The molecule has 23 heavy (non-hydrogen) atoms. The topological polar surface area (TPSA) is 27.3 Å². The fraction of sp³-hybridized carbons (Fsp3) is 0.500. The summed E-state index contributed by atoms with van der Waals surface area (Å²) in [7, 11) is 3.36. The average molecular weight is 383 g/mol. The Bertz CT molecular complexity index is 589. The zero-order valence-corrected chi connectivity index (χ0v) is 16.1. The molecule has 0 aliphatic heterocycles. The molecule has 2 aromatic rings. The molecule has 1 heterocycles. The minimum Gasteiger partial charge on any atom is -1.00 e. The van der Waals surface area contributed by atoms with Gasteiger partial charge in [-0.3, -0.25) is 0 Å². The number of halogens is 1. The Hall–Kier alpha value is -1.49. The fourth-order valence-corrected chi connectivity index (χ4v) is 2.63. The maximum Gasteiger partial charge on any atom is 0.253 e. The van der Waals surface area contributed by atoms with Crippen LogP contribution in [0.15, 0.2) is 30.6 Å². The van der Waals surface area contributed by atoms with Crippen LogP contribution in [0.25, 0.3) is 0 Å². The highest BCUT2D eigenvalue weighted by Crippen LogP contribution is 2.22. The van der Waals surface area contributed by atoms with Crippen LogP contribution in [0.2, 0.25) is 0 Å². The number of rotatable bonds is 8. The van der Waals surface area contributed by atoms with Gasteiger partial charge in [-0.15, -0.1) is 0 Å². The lowest BCUT2D eigenvalue weighted by Crippen LogP contribution is -3.00. The molecule has 1 aromatic heterocycles. The van der Waals surface area contributed by atoms with E-state index in [4.69, 9.17) is 9.47 Å². The second-order valence-electron chi connectivity index (χ2n) is 5.59. The number of imidazole rings is 1. The van der Waals surface area contributed by atoms with Crippen LogP contribution in [0.4, 0.5) is 0 Å². The molecule has 0 fully saturated rings. The Morgan fingerprint density at radius 3 is 2.26 bits per heavy atom. The monoisotopic (exact) mass is 382 g/mol. The van der Waals surface area contributed by atoms with Crippen LogP contribution >= 0.6 is 0 Å². The van der Waals surface area contributed by atoms with Crippen molar-refractivity contribution in [1.29, 1.82) is 0 Å². The lowest BCUT2D eigenvalue weighted by Gasteiger charge is -2.08. The van der Waals surface area contributed by atoms with Gasteiger partial charge in [0.15, 0.2) is 0 Å². The number of hydrogen-bond donors (Lipinski definition) is 0. The van der Waals surface area contributed by atoms with Crippen LogP contribution in [0.5, 0.6) is 11.5 Å². The van der Waals surface area contributed by atoms with Gasteiger partial charge in [0.1, 0.15) is 30.4 Å². The predicted molar refractivity (Wildman–Crippen MR) is 87.5 cm³/mol. The van der Waals surface area contributed by atoms with Gasteiger partial charge < -0.3 is 26.5 Å². The molecule has 0 aliphatic carbocycles. The van der Waals surface area contributed by atoms with Crippen molar-refractivity contribution in [3.63, 3.8) is 0 Å². The summed E-state index contributed by atoms with van der Waals surface area (Å²) in [4.78, 5) is 0. The molecule has 0 aliphatic rings. The summed E-state index contributed by atoms with van der Waals surface area (Å²) in [5.74, 6) is 2.93. The highest BCUT2D eigenvalue weighted by Gasteiger charge is 2.13. The molecule has 5 heteroatoms. The summed E-state index contributed by atoms with van der Waals surface area (Å²) in [6.45, 7) is 6.32. The van der Waals surface area contributed by atoms with Gasteiger partial charge in [-0.05, 0) is 25.0 Å². The fourth-order valence-electron chi connectivity index (χ4n) is 2.63. The normalized spacial score (nSPS) is 10.3. The lowest BCUT2D eigenvalue weighted by molar-refractivity contribution is -0.694. The first-order chi connectivity index (χ1) is 10.7. The smallest absolute Gasteiger partial charge is 0.253 e. The van der Waals surface area contributed by atoms with Crippen molar-refractivity contribution in [2.75, 3.05) is 14.2 Å². The van der Waals surface area contributed by atoms with Gasteiger partial charge >= 0.3 is 0 Å². The van der Waals surface area contributed by atoms with Gasteiger partial charge in [0.05, 0.1) is 20.8 Å². The molecule has 0 saturated carbocycles. The third kappa shape index (κ3) is 5.27. The van der Waals surface area contributed by atoms with Crippen LogP contribution in [0, 0.1) is 6.92 Å². The van der Waals surface area contributed by atoms with Crippen molar-refractivity contribution in [2.24, 2.45) is 0 Å². The van der Waals surface area contributed by atoms with Gasteiger partial charge in [0.25, 0.3) is 5.82 Å². The maximum atomic E-state index is 5.34. The van der Waals surface area contributed by atoms with Gasteiger partial charge in [0.2, 0.25) is 0 Å². The van der Waals surface area contributed by atoms with Crippen molar-refractivity contribution in [3.8, 4) is 11.5 Å². The van der Waals surface area contributed by atoms with E-state index in [1.165, 1.54) is 30.7 Å². The number of hydrogen-bond acceptors (Lipinski definition) is 2. The first-order valence-electron chi connectivity index (χ1n) is 7.95. The first-order valence-corrected chi connectivity index (χ1v) is 7.95. The molecule has 0 spiro atoms. The van der Waals surface area contributed by atoms with Crippen LogP contribution < -0.4 is 31.0 Å². The second-order valence-corrected chi connectivity index (χ2v) is 5.59. The summed E-state index contributed by atoms with van der Waals surface area (Å²) >= 11 is 0. The average Bonchev–Trinajstić information content (AvgIpc) is 2.88. The van der Waals surface area contributed by atoms with E-state index in [0.29, 0.717) is 0 Å². The molecule has 128 valence electrons. The number of unbranched alkanes of at least 4 members (excludes halogenated alkanes) is 2. The lowest BCUT2D eigenvalue weighted by atomic mass is 10.2. The molecule has 0 N–H and O–H groups in total. The largest absolute Gasteiger partial charge is 1.00 e. The molecule has 2 rings (SSSR count). The van der Waals surface area contributed by atoms with Gasteiger partial charge in [-0.25, -0.2) is 9.13 Å². The number of benzene rings is 1. The summed E-state index contributed by atoms with van der Waals surface area (Å²) < 4.78 is 15.3. The number of methoxy groups -OCH3 is 2. The summed E-state index contributed by atoms with van der Waals surface area (Å²) in [6, 6.07) is 6.02. The molecule has 4 nitrogen and oxygen atoms in total. The maximum absolute atomic E-state index is 5.34. The summed E-state index contributed by atoms with van der Waals surface area (Å²) in [6.07, 6.45) is 8.09. The number of ether oxygens (including phenoxy) is 2. The Morgan fingerprint density at radius 1 is 1.04 bits per heavy atom. The van der Waals surface area contributed by atoms with Gasteiger partial charge in [0, 0.05) is 18.6 Å². The van der Waals surface area contributed by atoms with E-state index in [1.54, 1.807) is 14.2 Å². The second kappa shape index (κ2) is 9.60. The molecular formula is C18H27BrN2O2. The molecule has 0 bridgehead atoms. The van der Waals surface area contributed by atoms with Crippen LogP contribution in [-0.4, -0.2) is 18.8 Å². The molecule has 0 atom stereocenters. The predicted octanol–water partition coefficient (Wildman–Crippen LogP) is 0.344. The molecule has 1 aromatic carbocycles. The number of nitrogens with zero attached hydrogens (tertiary/aromatic N) is 2. The summed E-state index contributed by atoms with van der Waals surface area (Å²) in [5, 5.41) is 0. The Labute approximate surface area is 149 Å². The zero-order chi connectivity index (χ0) is 15.9. The number of aromatic nitrogens is 2. The Balaban J connectivity index is 0.00000264. The quantitative estimate of drug-likeness (QED) is 0.486. The molecule has 0 amide bonds. The van der Waals surface area contributed by atoms with Crippen molar-refractivity contribution < 1.29 is 31.0 Å². The van der Waals surface area contributed by atoms with Crippen LogP contribution in [-0.2, 0) is 13.1 Å². The van der Waals surface area contributed by atoms with Crippen molar-refractivity contribution in [3.05, 3.63) is 42.0 Å². The van der Waals surface area contributed by atoms with Crippen molar-refractivity contribution in [2.45, 2.75) is 46.2 Å². The van der Waals surface area contributed by atoms with E-state index < -0.39 is 0 Å². The SMILES string of the molecule is CCCCCn1cc[n+](Cc2cc(OC)cc(OC)c2)c1C.[Br-]. The highest BCUT2D eigenvalue weighted by atomic mass is 79.9. The zero-order valence-electron chi connectivity index (χ0n) is 14.5.